The van der Waals surface area contributed by atoms with E-state index in [2.05, 4.69) is 6.92 Å². The number of methoxy groups -OCH3 is 1. The molecule has 0 aliphatic carbocycles. The van der Waals surface area contributed by atoms with E-state index in [0.717, 1.165) is 12.8 Å². The van der Waals surface area contributed by atoms with Crippen LogP contribution in [0.3, 0.4) is 0 Å². The first-order valence-electron chi connectivity index (χ1n) is 7.64. The normalized spacial score (nSPS) is 10.4. The van der Waals surface area contributed by atoms with Gasteiger partial charge in [-0.1, -0.05) is 39.0 Å². The third kappa shape index (κ3) is 5.66. The van der Waals surface area contributed by atoms with E-state index in [4.69, 9.17) is 9.47 Å². The summed E-state index contributed by atoms with van der Waals surface area (Å²) in [5, 5.41) is 9.89. The highest BCUT2D eigenvalue weighted by atomic mass is 16.5. The van der Waals surface area contributed by atoms with E-state index in [1.807, 2.05) is 0 Å². The van der Waals surface area contributed by atoms with E-state index < -0.39 is 0 Å². The van der Waals surface area contributed by atoms with Crippen molar-refractivity contribution in [2.24, 2.45) is 0 Å². The van der Waals surface area contributed by atoms with Crippen molar-refractivity contribution in [3.05, 3.63) is 17.7 Å². The lowest BCUT2D eigenvalue weighted by Gasteiger charge is -2.12. The molecule has 0 aromatic heterocycles. The molecule has 0 bridgehead atoms. The zero-order valence-corrected chi connectivity index (χ0v) is 13.3. The minimum atomic E-state index is -0.230. The molecule has 0 spiro atoms. The van der Waals surface area contributed by atoms with Crippen molar-refractivity contribution >= 4 is 5.78 Å². The topological polar surface area (TPSA) is 55.8 Å². The number of hydrogen-bond donors (Lipinski definition) is 1. The molecule has 1 aromatic rings. The van der Waals surface area contributed by atoms with Gasteiger partial charge in [0.05, 0.1) is 13.7 Å². The number of rotatable bonds is 10. The predicted molar refractivity (Wildman–Crippen MR) is 83.5 cm³/mol. The van der Waals surface area contributed by atoms with Gasteiger partial charge < -0.3 is 14.6 Å². The molecule has 0 heterocycles. The standard InChI is InChI=1S/C17H26O4/c1-4-5-6-7-8-9-10-21-14-11-15(19)17(13(2)18)16(12-14)20-3/h11-12,19H,4-10H2,1-3H3. The number of Topliss-reactive ketones (excluding diaryl/α,β-unsaturated/α-hetero) is 1. The summed E-state index contributed by atoms with van der Waals surface area (Å²) in [7, 11) is 1.47. The second-order valence-corrected chi connectivity index (χ2v) is 5.19. The lowest BCUT2D eigenvalue weighted by atomic mass is 10.1. The first-order chi connectivity index (χ1) is 10.1. The molecule has 0 saturated carbocycles. The Morgan fingerprint density at radius 1 is 1.14 bits per heavy atom. The Morgan fingerprint density at radius 2 is 1.81 bits per heavy atom. The third-order valence-corrected chi connectivity index (χ3v) is 3.39. The van der Waals surface area contributed by atoms with Crippen LogP contribution in [-0.2, 0) is 0 Å². The number of carbonyl (C=O) groups excluding carboxylic acids is 1. The van der Waals surface area contributed by atoms with Gasteiger partial charge in [0, 0.05) is 12.1 Å². The Kier molecular flexibility index (Phi) is 7.65. The van der Waals surface area contributed by atoms with E-state index in [1.54, 1.807) is 6.07 Å². The number of ketones is 1. The monoisotopic (exact) mass is 294 g/mol. The molecule has 0 saturated heterocycles. The summed E-state index contributed by atoms with van der Waals surface area (Å²) in [6.07, 6.45) is 7.18. The Labute approximate surface area is 127 Å². The molecule has 0 amide bonds. The van der Waals surface area contributed by atoms with Crippen LogP contribution in [0.1, 0.15) is 62.7 Å². The molecule has 21 heavy (non-hydrogen) atoms. The van der Waals surface area contributed by atoms with Crippen LogP contribution in [0.15, 0.2) is 12.1 Å². The number of phenolic OH excluding ortho intramolecular Hbond substituents is 1. The summed E-state index contributed by atoms with van der Waals surface area (Å²) in [4.78, 5) is 11.5. The van der Waals surface area contributed by atoms with Gasteiger partial charge in [-0.15, -0.1) is 0 Å². The molecule has 118 valence electrons. The molecule has 4 nitrogen and oxygen atoms in total. The van der Waals surface area contributed by atoms with Crippen LogP contribution >= 0.6 is 0 Å². The predicted octanol–water partition coefficient (Wildman–Crippen LogP) is 4.34. The average molecular weight is 294 g/mol. The summed E-state index contributed by atoms with van der Waals surface area (Å²) in [5.74, 6) is 0.551. The maximum atomic E-state index is 11.5. The van der Waals surface area contributed by atoms with Gasteiger partial charge in [0.1, 0.15) is 22.8 Å². The summed E-state index contributed by atoms with van der Waals surface area (Å²) in [5.41, 5.74) is 0.199. The first kappa shape index (κ1) is 17.3. The highest BCUT2D eigenvalue weighted by Gasteiger charge is 2.15. The highest BCUT2D eigenvalue weighted by Crippen LogP contribution is 2.33. The maximum Gasteiger partial charge on any atom is 0.167 e. The summed E-state index contributed by atoms with van der Waals surface area (Å²) >= 11 is 0. The minimum Gasteiger partial charge on any atom is -0.507 e. The van der Waals surface area contributed by atoms with E-state index >= 15 is 0 Å². The molecule has 1 N–H and O–H groups in total. The quantitative estimate of drug-likeness (QED) is 0.515. The van der Waals surface area contributed by atoms with Crippen molar-refractivity contribution in [3.63, 3.8) is 0 Å². The molecule has 0 atom stereocenters. The zero-order valence-electron chi connectivity index (χ0n) is 13.3. The fourth-order valence-corrected chi connectivity index (χ4v) is 2.25. The van der Waals surface area contributed by atoms with Gasteiger partial charge in [-0.25, -0.2) is 0 Å². The second kappa shape index (κ2) is 9.27. The Hall–Kier alpha value is -1.71. The number of carbonyl (C=O) groups is 1. The van der Waals surface area contributed by atoms with Crippen molar-refractivity contribution in [1.82, 2.24) is 0 Å². The van der Waals surface area contributed by atoms with Crippen molar-refractivity contribution in [3.8, 4) is 17.2 Å². The van der Waals surface area contributed by atoms with Crippen molar-refractivity contribution in [1.29, 1.82) is 0 Å². The largest absolute Gasteiger partial charge is 0.507 e. The van der Waals surface area contributed by atoms with Crippen LogP contribution in [0.2, 0.25) is 0 Å². The van der Waals surface area contributed by atoms with Crippen molar-refractivity contribution in [2.75, 3.05) is 13.7 Å². The molecule has 0 aliphatic rings. The molecule has 0 unspecified atom stereocenters. The molecule has 1 aromatic carbocycles. The van der Waals surface area contributed by atoms with Crippen LogP contribution in [0.25, 0.3) is 0 Å². The second-order valence-electron chi connectivity index (χ2n) is 5.19. The van der Waals surface area contributed by atoms with Gasteiger partial charge in [0.15, 0.2) is 5.78 Å². The SMILES string of the molecule is CCCCCCCCOc1cc(O)c(C(C)=O)c(OC)c1. The summed E-state index contributed by atoms with van der Waals surface area (Å²) in [6, 6.07) is 3.11. The molecule has 0 aliphatic heterocycles. The molecule has 4 heteroatoms. The number of unbranched alkanes of at least 4 members (excludes halogenated alkanes) is 5. The Morgan fingerprint density at radius 3 is 2.43 bits per heavy atom. The third-order valence-electron chi connectivity index (χ3n) is 3.39. The van der Waals surface area contributed by atoms with Crippen LogP contribution in [0.4, 0.5) is 0 Å². The Balaban J connectivity index is 2.49. The van der Waals surface area contributed by atoms with Crippen LogP contribution in [0, 0.1) is 0 Å². The van der Waals surface area contributed by atoms with E-state index in [0.29, 0.717) is 18.1 Å². The van der Waals surface area contributed by atoms with Crippen LogP contribution < -0.4 is 9.47 Å². The maximum absolute atomic E-state index is 11.5. The fourth-order valence-electron chi connectivity index (χ4n) is 2.25. The number of phenols is 1. The molecular weight excluding hydrogens is 268 g/mol. The average Bonchev–Trinajstić information content (AvgIpc) is 2.45. The van der Waals surface area contributed by atoms with E-state index in [-0.39, 0.29) is 17.1 Å². The van der Waals surface area contributed by atoms with Crippen molar-refractivity contribution < 1.29 is 19.4 Å². The van der Waals surface area contributed by atoms with Gasteiger partial charge >= 0.3 is 0 Å². The number of ether oxygens (including phenoxy) is 2. The van der Waals surface area contributed by atoms with Gasteiger partial charge in [0.25, 0.3) is 0 Å². The summed E-state index contributed by atoms with van der Waals surface area (Å²) < 4.78 is 10.8. The van der Waals surface area contributed by atoms with Crippen LogP contribution in [0.5, 0.6) is 17.2 Å². The van der Waals surface area contributed by atoms with Crippen molar-refractivity contribution in [2.45, 2.75) is 52.4 Å². The zero-order chi connectivity index (χ0) is 15.7. The molecule has 0 fully saturated rings. The molecule has 0 radical (unpaired) electrons. The van der Waals surface area contributed by atoms with Gasteiger partial charge in [-0.05, 0) is 13.3 Å². The fraction of sp³-hybridized carbons (Fsp3) is 0.588. The van der Waals surface area contributed by atoms with E-state index in [9.17, 15) is 9.90 Å². The number of hydrogen-bond acceptors (Lipinski definition) is 4. The van der Waals surface area contributed by atoms with Gasteiger partial charge in [-0.2, -0.15) is 0 Å². The van der Waals surface area contributed by atoms with E-state index in [1.165, 1.54) is 45.8 Å². The summed E-state index contributed by atoms with van der Waals surface area (Å²) in [6.45, 7) is 4.20. The minimum absolute atomic E-state index is 0.0974. The molecular formula is C17H26O4. The molecule has 1 rings (SSSR count). The lowest BCUT2D eigenvalue weighted by Crippen LogP contribution is -2.01. The van der Waals surface area contributed by atoms with Gasteiger partial charge in [-0.3, -0.25) is 4.79 Å². The number of aromatic hydroxyl groups is 1. The highest BCUT2D eigenvalue weighted by molar-refractivity contribution is 5.99. The number of benzene rings is 1. The Bertz CT molecular complexity index is 454. The first-order valence-corrected chi connectivity index (χ1v) is 7.64. The van der Waals surface area contributed by atoms with Crippen LogP contribution in [-0.4, -0.2) is 24.6 Å². The lowest BCUT2D eigenvalue weighted by molar-refractivity contribution is 0.101. The smallest absolute Gasteiger partial charge is 0.167 e. The van der Waals surface area contributed by atoms with Gasteiger partial charge in [0.2, 0.25) is 0 Å².